The van der Waals surface area contributed by atoms with Gasteiger partial charge in [-0.1, -0.05) is 6.58 Å². The summed E-state index contributed by atoms with van der Waals surface area (Å²) in [6.07, 6.45) is 3.26. The minimum atomic E-state index is 0.258. The molecule has 3 N–H and O–H groups in total. The van der Waals surface area contributed by atoms with Crippen LogP contribution in [0.15, 0.2) is 52.4 Å². The van der Waals surface area contributed by atoms with Crippen LogP contribution in [0.5, 0.6) is 0 Å². The van der Waals surface area contributed by atoms with Gasteiger partial charge in [-0.3, -0.25) is 0 Å². The normalized spacial score (nSPS) is 14.4. The molecule has 27 heavy (non-hydrogen) atoms. The maximum absolute atomic E-state index is 5.82. The number of nitrogens with zero attached hydrogens (tertiary/aromatic N) is 5. The van der Waals surface area contributed by atoms with E-state index in [0.717, 1.165) is 32.0 Å². The minimum absolute atomic E-state index is 0.258. The van der Waals surface area contributed by atoms with E-state index in [4.69, 9.17) is 10.5 Å². The van der Waals surface area contributed by atoms with E-state index in [9.17, 15) is 0 Å². The summed E-state index contributed by atoms with van der Waals surface area (Å²) >= 11 is 3.43. The number of hydrogen-bond donors (Lipinski definition) is 2. The first-order valence-corrected chi connectivity index (χ1v) is 9.33. The molecule has 0 spiro atoms. The van der Waals surface area contributed by atoms with Gasteiger partial charge in [0.2, 0.25) is 5.95 Å². The predicted octanol–water partition coefficient (Wildman–Crippen LogP) is 3.06. The average Bonchev–Trinajstić information content (AvgIpc) is 2.69. The van der Waals surface area contributed by atoms with Gasteiger partial charge in [0.15, 0.2) is 5.82 Å². The zero-order chi connectivity index (χ0) is 19.2. The lowest BCUT2D eigenvalue weighted by molar-refractivity contribution is 0.122. The molecule has 142 valence electrons. The number of ether oxygens (including phenoxy) is 1. The molecule has 2 aromatic rings. The number of hydrogen-bond acceptors (Lipinski definition) is 8. The lowest BCUT2D eigenvalue weighted by Crippen LogP contribution is -2.36. The molecule has 1 saturated heterocycles. The van der Waals surface area contributed by atoms with Gasteiger partial charge in [0, 0.05) is 36.9 Å². The number of rotatable bonds is 6. The molecule has 2 heterocycles. The molecule has 0 unspecified atom stereocenters. The van der Waals surface area contributed by atoms with Crippen molar-refractivity contribution in [2.45, 2.75) is 6.92 Å². The van der Waals surface area contributed by atoms with E-state index in [0.29, 0.717) is 16.2 Å². The summed E-state index contributed by atoms with van der Waals surface area (Å²) in [6.45, 7) is 8.86. The van der Waals surface area contributed by atoms with Crippen LogP contribution in [0.25, 0.3) is 0 Å². The molecule has 0 saturated carbocycles. The zero-order valence-electron chi connectivity index (χ0n) is 15.1. The van der Waals surface area contributed by atoms with Gasteiger partial charge < -0.3 is 20.7 Å². The van der Waals surface area contributed by atoms with Crippen molar-refractivity contribution in [2.75, 3.05) is 41.5 Å². The summed E-state index contributed by atoms with van der Waals surface area (Å²) in [7, 11) is 0. The first-order chi connectivity index (χ1) is 13.1. The first kappa shape index (κ1) is 19.1. The first-order valence-electron chi connectivity index (χ1n) is 8.54. The van der Waals surface area contributed by atoms with Crippen molar-refractivity contribution in [1.82, 2.24) is 9.97 Å². The third-order valence-electron chi connectivity index (χ3n) is 3.93. The van der Waals surface area contributed by atoms with E-state index in [-0.39, 0.29) is 5.82 Å². The molecule has 0 aliphatic carbocycles. The second-order valence-electron chi connectivity index (χ2n) is 5.81. The van der Waals surface area contributed by atoms with E-state index in [2.05, 4.69) is 59.9 Å². The highest BCUT2D eigenvalue weighted by Crippen LogP contribution is 2.27. The fraction of sp³-hybridized carbons (Fsp3) is 0.278. The Balaban J connectivity index is 1.77. The van der Waals surface area contributed by atoms with Crippen molar-refractivity contribution in [2.24, 2.45) is 10.8 Å². The van der Waals surface area contributed by atoms with Gasteiger partial charge in [-0.05, 0) is 47.1 Å². The van der Waals surface area contributed by atoms with Crippen LogP contribution in [-0.2, 0) is 4.74 Å². The van der Waals surface area contributed by atoms with Crippen molar-refractivity contribution in [1.29, 1.82) is 0 Å². The van der Waals surface area contributed by atoms with Crippen LogP contribution in [0.4, 0.5) is 23.1 Å². The van der Waals surface area contributed by atoms with Crippen LogP contribution < -0.4 is 21.0 Å². The Hall–Kier alpha value is -2.65. The molecule has 3 rings (SSSR count). The molecular weight excluding hydrogens is 410 g/mol. The smallest absolute Gasteiger partial charge is 0.229 e. The summed E-state index contributed by atoms with van der Waals surface area (Å²) in [5.41, 5.74) is 7.87. The van der Waals surface area contributed by atoms with Gasteiger partial charge in [-0.15, -0.1) is 0 Å². The lowest BCUT2D eigenvalue weighted by Gasteiger charge is -2.28. The number of benzene rings is 1. The van der Waals surface area contributed by atoms with Gasteiger partial charge in [-0.25, -0.2) is 4.98 Å². The molecule has 0 radical (unpaired) electrons. The zero-order valence-corrected chi connectivity index (χ0v) is 16.7. The molecule has 0 atom stereocenters. The van der Waals surface area contributed by atoms with Crippen molar-refractivity contribution in [3.05, 3.63) is 47.3 Å². The van der Waals surface area contributed by atoms with E-state index in [1.165, 1.54) is 10.7 Å². The van der Waals surface area contributed by atoms with E-state index < -0.39 is 0 Å². The Bertz CT molecular complexity index is 819. The second-order valence-corrected chi connectivity index (χ2v) is 6.67. The molecule has 1 aromatic heterocycles. The lowest BCUT2D eigenvalue weighted by atomic mass is 10.2. The van der Waals surface area contributed by atoms with Crippen molar-refractivity contribution >= 4 is 45.3 Å². The monoisotopic (exact) mass is 431 g/mol. The van der Waals surface area contributed by atoms with E-state index >= 15 is 0 Å². The number of morpholine rings is 1. The summed E-state index contributed by atoms with van der Waals surface area (Å²) in [5, 5.41) is 8.83. The standard InChI is InChI=1S/C18H22BrN7O/c1-3-22-26(13(2)20)17-16(19)12-21-18(24-17)23-14-4-6-15(7-5-14)25-8-10-27-11-9-25/h3-7,12H,2,8-11,20H2,1H3,(H,21,23,24)/b22-3-. The van der Waals surface area contributed by atoms with Crippen molar-refractivity contribution in [3.8, 4) is 0 Å². The van der Waals surface area contributed by atoms with Gasteiger partial charge >= 0.3 is 0 Å². The Morgan fingerprint density at radius 1 is 1.37 bits per heavy atom. The molecule has 0 amide bonds. The van der Waals surface area contributed by atoms with E-state index in [1.807, 2.05) is 12.1 Å². The molecule has 9 heteroatoms. The molecule has 1 aliphatic rings. The highest BCUT2D eigenvalue weighted by Gasteiger charge is 2.15. The fourth-order valence-corrected chi connectivity index (χ4v) is 3.01. The van der Waals surface area contributed by atoms with Crippen LogP contribution in [0.1, 0.15) is 6.92 Å². The van der Waals surface area contributed by atoms with E-state index in [1.54, 1.807) is 19.3 Å². The highest BCUT2D eigenvalue weighted by atomic mass is 79.9. The summed E-state index contributed by atoms with van der Waals surface area (Å²) < 4.78 is 6.05. The van der Waals surface area contributed by atoms with Gasteiger partial charge in [0.25, 0.3) is 0 Å². The topological polar surface area (TPSA) is 91.9 Å². The number of anilines is 4. The highest BCUT2D eigenvalue weighted by molar-refractivity contribution is 9.10. The van der Waals surface area contributed by atoms with Crippen LogP contribution in [0.3, 0.4) is 0 Å². The molecule has 1 aliphatic heterocycles. The van der Waals surface area contributed by atoms with Crippen LogP contribution >= 0.6 is 15.9 Å². The summed E-state index contributed by atoms with van der Waals surface area (Å²) in [5.74, 6) is 1.20. The molecular formula is C18H22BrN7O. The second kappa shape index (κ2) is 8.83. The number of nitrogens with one attached hydrogen (secondary N) is 1. The summed E-state index contributed by atoms with van der Waals surface area (Å²) in [4.78, 5) is 11.1. The quantitative estimate of drug-likeness (QED) is 0.536. The maximum atomic E-state index is 5.82. The Labute approximate surface area is 166 Å². The number of aromatic nitrogens is 2. The van der Waals surface area contributed by atoms with Crippen LogP contribution in [0, 0.1) is 0 Å². The Kier molecular flexibility index (Phi) is 6.25. The third-order valence-corrected chi connectivity index (χ3v) is 4.49. The minimum Gasteiger partial charge on any atom is -0.384 e. The molecule has 1 aromatic carbocycles. The van der Waals surface area contributed by atoms with Gasteiger partial charge in [0.1, 0.15) is 5.82 Å². The third kappa shape index (κ3) is 4.75. The van der Waals surface area contributed by atoms with Crippen molar-refractivity contribution < 1.29 is 4.74 Å². The largest absolute Gasteiger partial charge is 0.384 e. The Morgan fingerprint density at radius 2 is 2.07 bits per heavy atom. The van der Waals surface area contributed by atoms with Crippen molar-refractivity contribution in [3.63, 3.8) is 0 Å². The maximum Gasteiger partial charge on any atom is 0.229 e. The van der Waals surface area contributed by atoms with Crippen LogP contribution in [0.2, 0.25) is 0 Å². The molecule has 1 fully saturated rings. The van der Waals surface area contributed by atoms with Gasteiger partial charge in [0.05, 0.1) is 17.7 Å². The number of nitrogens with two attached hydrogens (primary N) is 1. The molecule has 0 bridgehead atoms. The fourth-order valence-electron chi connectivity index (χ4n) is 2.65. The Morgan fingerprint density at radius 3 is 2.70 bits per heavy atom. The summed E-state index contributed by atoms with van der Waals surface area (Å²) in [6, 6.07) is 8.14. The SMILES string of the molecule is C=C(N)N(/N=C\C)c1nc(Nc2ccc(N3CCOCC3)cc2)ncc1Br. The van der Waals surface area contributed by atoms with Crippen LogP contribution in [-0.4, -0.2) is 42.5 Å². The average molecular weight is 432 g/mol. The number of halogens is 1. The number of hydrazone groups is 1. The van der Waals surface area contributed by atoms with Gasteiger partial charge in [-0.2, -0.15) is 15.1 Å². The predicted molar refractivity (Wildman–Crippen MR) is 112 cm³/mol. The molecule has 8 nitrogen and oxygen atoms in total.